The lowest BCUT2D eigenvalue weighted by Crippen LogP contribution is -2.20. The van der Waals surface area contributed by atoms with Crippen molar-refractivity contribution in [1.29, 1.82) is 0 Å². The molecule has 1 rings (SSSR count). The predicted octanol–water partition coefficient (Wildman–Crippen LogP) is 2.94. The summed E-state index contributed by atoms with van der Waals surface area (Å²) < 4.78 is 18.3. The number of ether oxygens (including phenoxy) is 1. The van der Waals surface area contributed by atoms with Crippen molar-refractivity contribution >= 4 is 0 Å². The summed E-state index contributed by atoms with van der Waals surface area (Å²) in [6.45, 7) is 6.09. The number of hydrogen-bond donors (Lipinski definition) is 1. The molecule has 0 saturated heterocycles. The van der Waals surface area contributed by atoms with Gasteiger partial charge in [-0.05, 0) is 36.6 Å². The van der Waals surface area contributed by atoms with Crippen molar-refractivity contribution in [3.8, 4) is 5.75 Å². The molecule has 0 amide bonds. The Morgan fingerprint density at radius 2 is 2.19 bits per heavy atom. The van der Waals surface area contributed by atoms with E-state index in [0.29, 0.717) is 11.7 Å². The number of methoxy groups -OCH3 is 1. The van der Waals surface area contributed by atoms with Crippen LogP contribution in [0.5, 0.6) is 5.75 Å². The molecule has 0 spiro atoms. The molecule has 16 heavy (non-hydrogen) atoms. The number of hydrogen-bond acceptors (Lipinski definition) is 2. The van der Waals surface area contributed by atoms with Gasteiger partial charge in [-0.2, -0.15) is 0 Å². The van der Waals surface area contributed by atoms with Crippen LogP contribution in [-0.2, 0) is 0 Å². The zero-order valence-corrected chi connectivity index (χ0v) is 10.2. The Kier molecular flexibility index (Phi) is 5.26. The molecule has 0 aliphatic rings. The van der Waals surface area contributed by atoms with Gasteiger partial charge < -0.3 is 10.1 Å². The Bertz CT molecular complexity index is 328. The summed E-state index contributed by atoms with van der Waals surface area (Å²) in [7, 11) is 1.48. The lowest BCUT2D eigenvalue weighted by atomic mass is 10.0. The Balaban J connectivity index is 2.62. The van der Waals surface area contributed by atoms with Gasteiger partial charge in [0, 0.05) is 6.54 Å². The monoisotopic (exact) mass is 225 g/mol. The molecule has 1 aromatic carbocycles. The van der Waals surface area contributed by atoms with E-state index in [2.05, 4.69) is 19.2 Å². The lowest BCUT2D eigenvalue weighted by Gasteiger charge is -2.13. The molecule has 0 aliphatic carbocycles. The van der Waals surface area contributed by atoms with Gasteiger partial charge in [-0.1, -0.05) is 19.9 Å². The quantitative estimate of drug-likeness (QED) is 0.752. The van der Waals surface area contributed by atoms with Crippen LogP contribution in [0.3, 0.4) is 0 Å². The number of halogens is 1. The summed E-state index contributed by atoms with van der Waals surface area (Å²) in [6, 6.07) is 5.15. The summed E-state index contributed by atoms with van der Waals surface area (Å²) >= 11 is 0. The summed E-state index contributed by atoms with van der Waals surface area (Å²) in [5, 5.41) is 3.33. The van der Waals surface area contributed by atoms with Gasteiger partial charge in [0.15, 0.2) is 11.6 Å². The summed E-state index contributed by atoms with van der Waals surface area (Å²) in [6.07, 6.45) is 1.11. The minimum absolute atomic E-state index is 0.289. The van der Waals surface area contributed by atoms with Crippen LogP contribution in [0.4, 0.5) is 4.39 Å². The van der Waals surface area contributed by atoms with Crippen molar-refractivity contribution in [1.82, 2.24) is 5.32 Å². The second-order valence-electron chi connectivity index (χ2n) is 4.00. The molecule has 1 aromatic rings. The highest BCUT2D eigenvalue weighted by atomic mass is 19.1. The van der Waals surface area contributed by atoms with Gasteiger partial charge in [0.25, 0.3) is 0 Å². The minimum atomic E-state index is -0.289. The third-order valence-corrected chi connectivity index (χ3v) is 2.62. The van der Waals surface area contributed by atoms with Crippen LogP contribution in [-0.4, -0.2) is 20.2 Å². The Morgan fingerprint density at radius 3 is 2.75 bits per heavy atom. The van der Waals surface area contributed by atoms with Crippen LogP contribution in [0.25, 0.3) is 0 Å². The van der Waals surface area contributed by atoms with Crippen LogP contribution in [0.1, 0.15) is 31.7 Å². The van der Waals surface area contributed by atoms with Crippen molar-refractivity contribution < 1.29 is 9.13 Å². The smallest absolute Gasteiger partial charge is 0.165 e. The lowest BCUT2D eigenvalue weighted by molar-refractivity contribution is 0.386. The fourth-order valence-electron chi connectivity index (χ4n) is 1.60. The molecule has 0 aliphatic heterocycles. The molecule has 0 saturated carbocycles. The molecule has 3 heteroatoms. The molecule has 2 nitrogen and oxygen atoms in total. The average molecular weight is 225 g/mol. The second-order valence-corrected chi connectivity index (χ2v) is 4.00. The second kappa shape index (κ2) is 6.48. The van der Waals surface area contributed by atoms with Crippen molar-refractivity contribution in [3.63, 3.8) is 0 Å². The summed E-state index contributed by atoms with van der Waals surface area (Å²) in [5.41, 5.74) is 1.00. The van der Waals surface area contributed by atoms with Crippen LogP contribution in [0.15, 0.2) is 18.2 Å². The first kappa shape index (κ1) is 13.0. The van der Waals surface area contributed by atoms with E-state index >= 15 is 0 Å². The molecule has 90 valence electrons. The topological polar surface area (TPSA) is 21.3 Å². The van der Waals surface area contributed by atoms with Gasteiger partial charge in [-0.25, -0.2) is 4.39 Å². The van der Waals surface area contributed by atoms with E-state index < -0.39 is 0 Å². The Morgan fingerprint density at radius 1 is 1.44 bits per heavy atom. The predicted molar refractivity (Wildman–Crippen MR) is 64.5 cm³/mol. The zero-order chi connectivity index (χ0) is 12.0. The van der Waals surface area contributed by atoms with Crippen molar-refractivity contribution in [2.45, 2.75) is 26.2 Å². The highest BCUT2D eigenvalue weighted by Gasteiger charge is 2.08. The first-order valence-corrected chi connectivity index (χ1v) is 5.73. The van der Waals surface area contributed by atoms with E-state index in [0.717, 1.165) is 25.1 Å². The first-order chi connectivity index (χ1) is 7.69. The third-order valence-electron chi connectivity index (χ3n) is 2.62. The fourth-order valence-corrected chi connectivity index (χ4v) is 1.60. The van der Waals surface area contributed by atoms with Crippen molar-refractivity contribution in [3.05, 3.63) is 29.6 Å². The third kappa shape index (κ3) is 3.49. The van der Waals surface area contributed by atoms with Gasteiger partial charge in [0.05, 0.1) is 7.11 Å². The molecular formula is C13H20FNO. The van der Waals surface area contributed by atoms with E-state index in [9.17, 15) is 4.39 Å². The van der Waals surface area contributed by atoms with Gasteiger partial charge in [-0.3, -0.25) is 0 Å². The Hall–Kier alpha value is -1.09. The molecule has 1 N–H and O–H groups in total. The molecule has 0 heterocycles. The van der Waals surface area contributed by atoms with Crippen molar-refractivity contribution in [2.24, 2.45) is 0 Å². The normalized spacial score (nSPS) is 12.5. The number of nitrogens with one attached hydrogen (secondary N) is 1. The van der Waals surface area contributed by atoms with Gasteiger partial charge in [0.2, 0.25) is 0 Å². The van der Waals surface area contributed by atoms with E-state index in [4.69, 9.17) is 4.74 Å². The molecule has 1 atom stereocenters. The summed E-state index contributed by atoms with van der Waals surface area (Å²) in [4.78, 5) is 0. The highest BCUT2D eigenvalue weighted by Crippen LogP contribution is 2.22. The van der Waals surface area contributed by atoms with Crippen LogP contribution in [0, 0.1) is 5.82 Å². The molecular weight excluding hydrogens is 205 g/mol. The zero-order valence-electron chi connectivity index (χ0n) is 10.2. The average Bonchev–Trinajstić information content (AvgIpc) is 2.29. The maximum absolute atomic E-state index is 13.5. The van der Waals surface area contributed by atoms with Crippen LogP contribution in [0.2, 0.25) is 0 Å². The maximum atomic E-state index is 13.5. The van der Waals surface area contributed by atoms with E-state index in [1.54, 1.807) is 12.1 Å². The highest BCUT2D eigenvalue weighted by molar-refractivity contribution is 5.31. The fraction of sp³-hybridized carbons (Fsp3) is 0.538. The molecule has 0 radical (unpaired) electrons. The molecule has 0 fully saturated rings. The SMILES string of the molecule is CCCNCC(C)c1ccc(OC)c(F)c1. The largest absolute Gasteiger partial charge is 0.494 e. The van der Waals surface area contributed by atoms with Gasteiger partial charge in [-0.15, -0.1) is 0 Å². The molecule has 0 bridgehead atoms. The van der Waals surface area contributed by atoms with Crippen LogP contribution >= 0.6 is 0 Å². The summed E-state index contributed by atoms with van der Waals surface area (Å²) in [5.74, 6) is 0.326. The standard InChI is InChI=1S/C13H20FNO/c1-4-7-15-9-10(2)11-5-6-13(16-3)12(14)8-11/h5-6,8,10,15H,4,7,9H2,1-3H3. The number of rotatable bonds is 6. The van der Waals surface area contributed by atoms with Crippen LogP contribution < -0.4 is 10.1 Å². The minimum Gasteiger partial charge on any atom is -0.494 e. The number of benzene rings is 1. The van der Waals surface area contributed by atoms with Gasteiger partial charge >= 0.3 is 0 Å². The molecule has 0 aromatic heterocycles. The van der Waals surface area contributed by atoms with Crippen molar-refractivity contribution in [2.75, 3.05) is 20.2 Å². The molecule has 1 unspecified atom stereocenters. The van der Waals surface area contributed by atoms with Gasteiger partial charge in [0.1, 0.15) is 0 Å². The Labute approximate surface area is 96.8 Å². The first-order valence-electron chi connectivity index (χ1n) is 5.73. The van der Waals surface area contributed by atoms with E-state index in [-0.39, 0.29) is 5.82 Å². The maximum Gasteiger partial charge on any atom is 0.165 e. The van der Waals surface area contributed by atoms with E-state index in [1.165, 1.54) is 7.11 Å². The van der Waals surface area contributed by atoms with E-state index in [1.807, 2.05) is 6.07 Å².